The minimum absolute atomic E-state index is 0.146. The van der Waals surface area contributed by atoms with Crippen molar-refractivity contribution in [1.29, 1.82) is 0 Å². The van der Waals surface area contributed by atoms with Crippen molar-refractivity contribution in [3.8, 4) is 0 Å². The quantitative estimate of drug-likeness (QED) is 0.659. The maximum atomic E-state index is 11.3. The molecule has 0 amide bonds. The van der Waals surface area contributed by atoms with E-state index >= 15 is 0 Å². The summed E-state index contributed by atoms with van der Waals surface area (Å²) in [6.07, 6.45) is 0. The van der Waals surface area contributed by atoms with Gasteiger partial charge in [-0.1, -0.05) is 11.6 Å². The molecule has 1 aliphatic heterocycles. The lowest BCUT2D eigenvalue weighted by atomic mass is 10.0. The molecule has 1 heterocycles. The van der Waals surface area contributed by atoms with E-state index in [0.29, 0.717) is 11.6 Å². The highest BCUT2D eigenvalue weighted by atomic mass is 35.5. The summed E-state index contributed by atoms with van der Waals surface area (Å²) in [6.45, 7) is 1.18. The third-order valence-electron chi connectivity index (χ3n) is 1.97. The van der Waals surface area contributed by atoms with Crippen molar-refractivity contribution in [3.05, 3.63) is 34.3 Å². The molecule has 0 aromatic heterocycles. The van der Waals surface area contributed by atoms with Gasteiger partial charge in [0.15, 0.2) is 5.78 Å². The summed E-state index contributed by atoms with van der Waals surface area (Å²) in [5.41, 5.74) is 1.80. The van der Waals surface area contributed by atoms with Gasteiger partial charge in [-0.15, -0.1) is 0 Å². The van der Waals surface area contributed by atoms with E-state index in [1.807, 2.05) is 6.07 Å². The van der Waals surface area contributed by atoms with E-state index in [1.54, 1.807) is 12.1 Å². The van der Waals surface area contributed by atoms with Gasteiger partial charge in [-0.2, -0.15) is 0 Å². The maximum Gasteiger partial charge on any atom is 0.176 e. The molecule has 0 saturated carbocycles. The van der Waals surface area contributed by atoms with Gasteiger partial charge in [0.25, 0.3) is 0 Å². The van der Waals surface area contributed by atoms with Gasteiger partial charge in [-0.05, 0) is 23.8 Å². The fraction of sp³-hybridized carbons (Fsp3) is 0.222. The number of hydrogen-bond donors (Lipinski definition) is 1. The van der Waals surface area contributed by atoms with E-state index in [-0.39, 0.29) is 5.78 Å². The van der Waals surface area contributed by atoms with Crippen LogP contribution in [-0.4, -0.2) is 12.3 Å². The summed E-state index contributed by atoms with van der Waals surface area (Å²) in [7, 11) is 0. The van der Waals surface area contributed by atoms with Gasteiger partial charge >= 0.3 is 0 Å². The molecule has 0 bridgehead atoms. The van der Waals surface area contributed by atoms with Crippen LogP contribution >= 0.6 is 11.6 Å². The van der Waals surface area contributed by atoms with Crippen molar-refractivity contribution < 1.29 is 4.79 Å². The van der Waals surface area contributed by atoms with Gasteiger partial charge in [-0.25, -0.2) is 0 Å². The number of Topliss-reactive ketones (excluding diaryl/α,β-unsaturated/α-hetero) is 1. The topological polar surface area (TPSA) is 29.1 Å². The van der Waals surface area contributed by atoms with E-state index in [9.17, 15) is 4.79 Å². The molecule has 3 heteroatoms. The highest BCUT2D eigenvalue weighted by Gasteiger charge is 2.15. The molecular weight excluding hydrogens is 174 g/mol. The standard InChI is InChI=1S/C9H8ClNO/c10-7-1-2-8-6(3-7)4-11-5-9(8)12/h1-3,11H,4-5H2. The van der Waals surface area contributed by atoms with Gasteiger partial charge < -0.3 is 5.32 Å². The number of hydrogen-bond acceptors (Lipinski definition) is 2. The van der Waals surface area contributed by atoms with Crippen molar-refractivity contribution in [2.24, 2.45) is 0 Å². The summed E-state index contributed by atoms with van der Waals surface area (Å²) >= 11 is 5.79. The number of rotatable bonds is 0. The largest absolute Gasteiger partial charge is 0.306 e. The van der Waals surface area contributed by atoms with E-state index in [4.69, 9.17) is 11.6 Å². The Balaban J connectivity index is 2.53. The SMILES string of the molecule is O=C1CNCc2cc(Cl)ccc21. The molecule has 2 nitrogen and oxygen atoms in total. The first-order valence-electron chi connectivity index (χ1n) is 3.80. The number of fused-ring (bicyclic) bond motifs is 1. The Kier molecular flexibility index (Phi) is 1.87. The molecule has 0 saturated heterocycles. The normalized spacial score (nSPS) is 15.9. The Hall–Kier alpha value is -0.860. The summed E-state index contributed by atoms with van der Waals surface area (Å²) in [4.78, 5) is 11.3. The molecule has 0 radical (unpaired) electrons. The number of ketones is 1. The zero-order valence-corrected chi connectivity index (χ0v) is 7.19. The van der Waals surface area contributed by atoms with Crippen LogP contribution in [0.2, 0.25) is 5.02 Å². The highest BCUT2D eigenvalue weighted by Crippen LogP contribution is 2.18. The maximum absolute atomic E-state index is 11.3. The molecule has 2 rings (SSSR count). The van der Waals surface area contributed by atoms with Crippen molar-refractivity contribution in [3.63, 3.8) is 0 Å². The molecule has 1 aromatic carbocycles. The number of benzene rings is 1. The van der Waals surface area contributed by atoms with Gasteiger partial charge in [-0.3, -0.25) is 4.79 Å². The molecule has 0 aliphatic carbocycles. The summed E-state index contributed by atoms with van der Waals surface area (Å²) < 4.78 is 0. The van der Waals surface area contributed by atoms with Crippen LogP contribution in [0.1, 0.15) is 15.9 Å². The zero-order chi connectivity index (χ0) is 8.55. The second-order valence-corrected chi connectivity index (χ2v) is 3.26. The van der Waals surface area contributed by atoms with E-state index < -0.39 is 0 Å². The van der Waals surface area contributed by atoms with Crippen molar-refractivity contribution in [1.82, 2.24) is 5.32 Å². The fourth-order valence-corrected chi connectivity index (χ4v) is 1.58. The van der Waals surface area contributed by atoms with E-state index in [2.05, 4.69) is 5.32 Å². The van der Waals surface area contributed by atoms with Crippen LogP contribution in [0.3, 0.4) is 0 Å². The molecule has 0 unspecified atom stereocenters. The average Bonchev–Trinajstić information content (AvgIpc) is 2.04. The minimum Gasteiger partial charge on any atom is -0.306 e. The second-order valence-electron chi connectivity index (χ2n) is 2.83. The third kappa shape index (κ3) is 1.24. The van der Waals surface area contributed by atoms with E-state index in [1.165, 1.54) is 0 Å². The predicted octanol–water partition coefficient (Wildman–Crippen LogP) is 1.63. The third-order valence-corrected chi connectivity index (χ3v) is 2.20. The first-order valence-corrected chi connectivity index (χ1v) is 4.17. The van der Waals surface area contributed by atoms with E-state index in [0.717, 1.165) is 17.7 Å². The average molecular weight is 182 g/mol. The summed E-state index contributed by atoms with van der Waals surface area (Å²) in [5, 5.41) is 3.70. The lowest BCUT2D eigenvalue weighted by Crippen LogP contribution is -2.29. The molecular formula is C9H8ClNO. The molecule has 1 N–H and O–H groups in total. The van der Waals surface area contributed by atoms with Crippen molar-refractivity contribution in [2.75, 3.05) is 6.54 Å². The Morgan fingerprint density at radius 1 is 1.33 bits per heavy atom. The molecule has 0 fully saturated rings. The Morgan fingerprint density at radius 3 is 3.00 bits per heavy atom. The van der Waals surface area contributed by atoms with Gasteiger partial charge in [0.05, 0.1) is 6.54 Å². The number of carbonyl (C=O) groups excluding carboxylic acids is 1. The highest BCUT2D eigenvalue weighted by molar-refractivity contribution is 6.30. The molecule has 1 aromatic rings. The molecule has 0 atom stereocenters. The predicted molar refractivity (Wildman–Crippen MR) is 47.5 cm³/mol. The van der Waals surface area contributed by atoms with Crippen molar-refractivity contribution >= 4 is 17.4 Å². The van der Waals surface area contributed by atoms with Crippen LogP contribution in [0, 0.1) is 0 Å². The summed E-state index contributed by atoms with van der Waals surface area (Å²) in [5.74, 6) is 0.146. The lowest BCUT2D eigenvalue weighted by molar-refractivity contribution is 0.0982. The smallest absolute Gasteiger partial charge is 0.176 e. The lowest BCUT2D eigenvalue weighted by Gasteiger charge is -2.15. The van der Waals surface area contributed by atoms with Crippen LogP contribution in [0.5, 0.6) is 0 Å². The first kappa shape index (κ1) is 7.77. The zero-order valence-electron chi connectivity index (χ0n) is 6.43. The van der Waals surface area contributed by atoms with Crippen LogP contribution in [0.4, 0.5) is 0 Å². The molecule has 62 valence electrons. The van der Waals surface area contributed by atoms with Crippen LogP contribution < -0.4 is 5.32 Å². The number of nitrogens with one attached hydrogen (secondary N) is 1. The molecule has 0 spiro atoms. The molecule has 12 heavy (non-hydrogen) atoms. The number of halogens is 1. The Labute approximate surface area is 75.5 Å². The van der Waals surface area contributed by atoms with Gasteiger partial charge in [0.1, 0.15) is 0 Å². The summed E-state index contributed by atoms with van der Waals surface area (Å²) in [6, 6.07) is 5.38. The number of carbonyl (C=O) groups is 1. The van der Waals surface area contributed by atoms with Crippen LogP contribution in [0.15, 0.2) is 18.2 Å². The Morgan fingerprint density at radius 2 is 2.17 bits per heavy atom. The minimum atomic E-state index is 0.146. The van der Waals surface area contributed by atoms with Crippen LogP contribution in [-0.2, 0) is 6.54 Å². The van der Waals surface area contributed by atoms with Gasteiger partial charge in [0.2, 0.25) is 0 Å². The molecule has 1 aliphatic rings. The van der Waals surface area contributed by atoms with Crippen molar-refractivity contribution in [2.45, 2.75) is 6.54 Å². The fourth-order valence-electron chi connectivity index (χ4n) is 1.39. The monoisotopic (exact) mass is 181 g/mol. The second kappa shape index (κ2) is 2.88. The Bertz CT molecular complexity index is 335. The van der Waals surface area contributed by atoms with Gasteiger partial charge in [0, 0.05) is 17.1 Å². The van der Waals surface area contributed by atoms with Crippen LogP contribution in [0.25, 0.3) is 0 Å². The first-order chi connectivity index (χ1) is 5.77.